The minimum absolute atomic E-state index is 0.333. The van der Waals surface area contributed by atoms with Crippen molar-refractivity contribution >= 4 is 45.1 Å². The minimum Gasteiger partial charge on any atom is -0.478 e. The van der Waals surface area contributed by atoms with Gasteiger partial charge in [-0.2, -0.15) is 26.3 Å². The monoisotopic (exact) mass is 366 g/mol. The van der Waals surface area contributed by atoms with E-state index in [1.165, 1.54) is 4.72 Å². The highest BCUT2D eigenvalue weighted by Crippen LogP contribution is 2.32. The second kappa shape index (κ2) is 6.26. The molecular weight excluding hydrogens is 360 g/mol. The van der Waals surface area contributed by atoms with Crippen LogP contribution in [0.3, 0.4) is 0 Å². The molecule has 6 nitrogen and oxygen atoms in total. The lowest BCUT2D eigenvalue weighted by atomic mass is 10.2. The zero-order valence-corrected chi connectivity index (χ0v) is 12.2. The molecule has 1 aromatic carbocycles. The normalized spacial score (nSPS) is 12.2. The van der Waals surface area contributed by atoms with Crippen molar-refractivity contribution in [2.24, 2.45) is 0 Å². The molecule has 0 amide bonds. The Kier molecular flexibility index (Phi) is 5.31. The van der Waals surface area contributed by atoms with E-state index in [4.69, 9.17) is 28.3 Å². The fraction of sp³-hybridized carbons (Fsp3) is 0.222. The lowest BCUT2D eigenvalue weighted by Crippen LogP contribution is -2.37. The summed E-state index contributed by atoms with van der Waals surface area (Å²) in [6, 6.07) is 2.20. The Hall–Kier alpha value is -1.23. The standard InChI is InChI=1S/C9H7Cl2F3N2O4S/c10-4-1-2-5(11)7(6(4)8(17)18)16-21(19,20)15-3-9(12,13)14/h1-2,15-16H,3H2,(H,17,18). The van der Waals surface area contributed by atoms with Gasteiger partial charge in [0.25, 0.3) is 10.2 Å². The number of halogens is 5. The first kappa shape index (κ1) is 17.8. The van der Waals surface area contributed by atoms with Crippen molar-refractivity contribution in [2.45, 2.75) is 6.18 Å². The predicted molar refractivity (Wildman–Crippen MR) is 70.0 cm³/mol. The van der Waals surface area contributed by atoms with Gasteiger partial charge in [-0.25, -0.2) is 4.79 Å². The molecule has 3 N–H and O–H groups in total. The lowest BCUT2D eigenvalue weighted by molar-refractivity contribution is -0.121. The Labute approximate surface area is 127 Å². The largest absolute Gasteiger partial charge is 0.478 e. The first-order valence-electron chi connectivity index (χ1n) is 4.98. The zero-order chi connectivity index (χ0) is 16.4. The Morgan fingerprint density at radius 2 is 1.76 bits per heavy atom. The second-order valence-electron chi connectivity index (χ2n) is 3.63. The van der Waals surface area contributed by atoms with E-state index in [1.807, 2.05) is 0 Å². The SMILES string of the molecule is O=C(O)c1c(Cl)ccc(Cl)c1NS(=O)(=O)NCC(F)(F)F. The van der Waals surface area contributed by atoms with Gasteiger partial charge < -0.3 is 5.11 Å². The minimum atomic E-state index is -4.78. The van der Waals surface area contributed by atoms with Crippen LogP contribution in [0, 0.1) is 0 Å². The number of aromatic carboxylic acids is 1. The number of rotatable bonds is 5. The van der Waals surface area contributed by atoms with E-state index in [-0.39, 0.29) is 10.0 Å². The highest BCUT2D eigenvalue weighted by molar-refractivity contribution is 7.90. The molecule has 1 aromatic rings. The summed E-state index contributed by atoms with van der Waals surface area (Å²) in [6.07, 6.45) is -4.78. The Balaban J connectivity index is 3.13. The molecule has 0 heterocycles. The average molecular weight is 367 g/mol. The number of hydrogen-bond donors (Lipinski definition) is 3. The van der Waals surface area contributed by atoms with Crippen LogP contribution >= 0.6 is 23.2 Å². The van der Waals surface area contributed by atoms with Gasteiger partial charge in [-0.05, 0) is 12.1 Å². The number of nitrogens with one attached hydrogen (secondary N) is 2. The molecule has 12 heteroatoms. The molecule has 0 radical (unpaired) electrons. The van der Waals surface area contributed by atoms with E-state index in [0.717, 1.165) is 12.1 Å². The summed E-state index contributed by atoms with van der Waals surface area (Å²) in [5, 5.41) is 8.28. The van der Waals surface area contributed by atoms with Crippen LogP contribution in [0.1, 0.15) is 10.4 Å². The van der Waals surface area contributed by atoms with Gasteiger partial charge >= 0.3 is 12.1 Å². The van der Waals surface area contributed by atoms with E-state index in [1.54, 1.807) is 4.72 Å². The number of carboxylic acids is 1. The van der Waals surface area contributed by atoms with Crippen LogP contribution in [-0.4, -0.2) is 32.2 Å². The Bertz CT molecular complexity index is 664. The van der Waals surface area contributed by atoms with Crippen molar-refractivity contribution in [3.63, 3.8) is 0 Å². The van der Waals surface area contributed by atoms with Crippen molar-refractivity contribution in [1.29, 1.82) is 0 Å². The van der Waals surface area contributed by atoms with E-state index < -0.39 is 40.2 Å². The van der Waals surface area contributed by atoms with E-state index in [2.05, 4.69) is 0 Å². The van der Waals surface area contributed by atoms with Gasteiger partial charge in [0.2, 0.25) is 0 Å². The zero-order valence-electron chi connectivity index (χ0n) is 9.83. The molecule has 0 aliphatic rings. The molecule has 21 heavy (non-hydrogen) atoms. The van der Waals surface area contributed by atoms with Gasteiger partial charge in [-0.1, -0.05) is 23.2 Å². The molecule has 0 unspecified atom stereocenters. The fourth-order valence-corrected chi connectivity index (χ4v) is 2.61. The summed E-state index contributed by atoms with van der Waals surface area (Å²) >= 11 is 11.2. The first-order chi connectivity index (χ1) is 9.43. The third-order valence-corrected chi connectivity index (χ3v) is 3.64. The number of alkyl halides is 3. The van der Waals surface area contributed by atoms with Gasteiger partial charge in [0.1, 0.15) is 12.1 Å². The van der Waals surface area contributed by atoms with Crippen LogP contribution in [-0.2, 0) is 10.2 Å². The maximum Gasteiger partial charge on any atom is 0.402 e. The highest BCUT2D eigenvalue weighted by atomic mass is 35.5. The molecule has 0 fully saturated rings. The van der Waals surface area contributed by atoms with Crippen LogP contribution < -0.4 is 9.44 Å². The lowest BCUT2D eigenvalue weighted by Gasteiger charge is -2.14. The van der Waals surface area contributed by atoms with Crippen LogP contribution in [0.5, 0.6) is 0 Å². The highest BCUT2D eigenvalue weighted by Gasteiger charge is 2.30. The maximum absolute atomic E-state index is 12.0. The summed E-state index contributed by atoms with van der Waals surface area (Å²) in [7, 11) is -4.69. The molecule has 0 aliphatic carbocycles. The van der Waals surface area contributed by atoms with E-state index in [9.17, 15) is 26.4 Å². The fourth-order valence-electron chi connectivity index (χ4n) is 1.21. The van der Waals surface area contributed by atoms with Gasteiger partial charge in [0, 0.05) is 0 Å². The van der Waals surface area contributed by atoms with Crippen LogP contribution in [0.2, 0.25) is 10.0 Å². The van der Waals surface area contributed by atoms with Gasteiger partial charge in [-0.3, -0.25) is 4.72 Å². The first-order valence-corrected chi connectivity index (χ1v) is 7.22. The number of anilines is 1. The summed E-state index contributed by atoms with van der Waals surface area (Å²) in [5.41, 5.74) is -1.31. The molecule has 118 valence electrons. The number of hydrogen-bond acceptors (Lipinski definition) is 3. The molecule has 0 spiro atoms. The molecule has 1 rings (SSSR count). The van der Waals surface area contributed by atoms with Crippen molar-refractivity contribution in [1.82, 2.24) is 4.72 Å². The van der Waals surface area contributed by atoms with Crippen molar-refractivity contribution in [3.8, 4) is 0 Å². The van der Waals surface area contributed by atoms with Gasteiger partial charge in [-0.15, -0.1) is 0 Å². The average Bonchev–Trinajstić information content (AvgIpc) is 2.30. The van der Waals surface area contributed by atoms with Crippen molar-refractivity contribution < 1.29 is 31.5 Å². The molecule has 0 saturated carbocycles. The quantitative estimate of drug-likeness (QED) is 0.745. The molecule has 0 saturated heterocycles. The Morgan fingerprint density at radius 1 is 1.24 bits per heavy atom. The van der Waals surface area contributed by atoms with Crippen molar-refractivity contribution in [2.75, 3.05) is 11.3 Å². The number of benzene rings is 1. The summed E-state index contributed by atoms with van der Waals surface area (Å²) < 4.78 is 61.7. The number of carboxylic acid groups (broad SMARTS) is 1. The van der Waals surface area contributed by atoms with Crippen LogP contribution in [0.4, 0.5) is 18.9 Å². The summed E-state index contributed by atoms with van der Waals surface area (Å²) in [5.74, 6) is -1.60. The Morgan fingerprint density at radius 3 is 2.24 bits per heavy atom. The van der Waals surface area contributed by atoms with Gasteiger partial charge in [0.05, 0.1) is 15.7 Å². The third-order valence-electron chi connectivity index (χ3n) is 2.02. The smallest absolute Gasteiger partial charge is 0.402 e. The number of carbonyl (C=O) groups is 1. The van der Waals surface area contributed by atoms with Crippen LogP contribution in [0.25, 0.3) is 0 Å². The van der Waals surface area contributed by atoms with Crippen LogP contribution in [0.15, 0.2) is 12.1 Å². The molecular formula is C9H7Cl2F3N2O4S. The predicted octanol–water partition coefficient (Wildman–Crippen LogP) is 2.50. The molecule has 0 atom stereocenters. The molecule has 0 aliphatic heterocycles. The second-order valence-corrected chi connectivity index (χ2v) is 5.94. The molecule has 0 aromatic heterocycles. The summed E-state index contributed by atoms with van der Waals surface area (Å²) in [4.78, 5) is 11.0. The topological polar surface area (TPSA) is 95.5 Å². The third kappa shape index (κ3) is 5.23. The summed E-state index contributed by atoms with van der Waals surface area (Å²) in [6.45, 7) is -1.83. The maximum atomic E-state index is 12.0. The van der Waals surface area contributed by atoms with Gasteiger partial charge in [0.15, 0.2) is 0 Å². The van der Waals surface area contributed by atoms with Crippen molar-refractivity contribution in [3.05, 3.63) is 27.7 Å². The van der Waals surface area contributed by atoms with E-state index in [0.29, 0.717) is 0 Å². The van der Waals surface area contributed by atoms with E-state index >= 15 is 0 Å². The molecule has 0 bridgehead atoms.